The molecule has 1 aromatic heterocycles. The Morgan fingerprint density at radius 3 is 2.87 bits per heavy atom. The summed E-state index contributed by atoms with van der Waals surface area (Å²) in [6, 6.07) is 7.41. The van der Waals surface area contributed by atoms with Crippen molar-refractivity contribution in [3.8, 4) is 0 Å². The van der Waals surface area contributed by atoms with Gasteiger partial charge in [0.15, 0.2) is 5.58 Å². The number of nitrogens with zero attached hydrogens (tertiary/aromatic N) is 1. The Hall–Kier alpha value is -2.28. The number of thioether (sulfide) groups is 1. The van der Waals surface area contributed by atoms with Crippen LogP contribution in [0.1, 0.15) is 19.3 Å². The van der Waals surface area contributed by atoms with Crippen LogP contribution in [-0.2, 0) is 9.59 Å². The first kappa shape index (κ1) is 15.6. The van der Waals surface area contributed by atoms with Crippen molar-refractivity contribution >= 4 is 34.7 Å². The molecule has 6 nitrogen and oxygen atoms in total. The number of rotatable bonds is 5. The van der Waals surface area contributed by atoms with E-state index < -0.39 is 0 Å². The van der Waals surface area contributed by atoms with Crippen molar-refractivity contribution in [2.45, 2.75) is 24.5 Å². The third kappa shape index (κ3) is 4.35. The van der Waals surface area contributed by atoms with Crippen LogP contribution in [0.5, 0.6) is 0 Å². The summed E-state index contributed by atoms with van der Waals surface area (Å²) in [5, 5.41) is 0.434. The van der Waals surface area contributed by atoms with E-state index in [1.165, 1.54) is 11.8 Å². The molecule has 1 aliphatic rings. The van der Waals surface area contributed by atoms with Gasteiger partial charge in [0.2, 0.25) is 11.8 Å². The van der Waals surface area contributed by atoms with Crippen LogP contribution in [0.4, 0.5) is 0 Å². The number of carbonyl (C=O) groups is 2. The Labute approximate surface area is 137 Å². The number of nitrogens with one attached hydrogen (secondary N) is 2. The summed E-state index contributed by atoms with van der Waals surface area (Å²) in [4.78, 5) is 27.7. The largest absolute Gasteiger partial charge is 0.431 e. The fraction of sp³-hybridized carbons (Fsp3) is 0.312. The number of amides is 2. The second-order valence-corrected chi connectivity index (χ2v) is 6.23. The molecule has 0 aliphatic heterocycles. The Morgan fingerprint density at radius 2 is 2.09 bits per heavy atom. The smallest absolute Gasteiger partial charge is 0.257 e. The zero-order valence-corrected chi connectivity index (χ0v) is 13.3. The monoisotopic (exact) mass is 331 g/mol. The second-order valence-electron chi connectivity index (χ2n) is 5.30. The molecular weight excluding hydrogens is 314 g/mol. The van der Waals surface area contributed by atoms with Crippen molar-refractivity contribution in [3.63, 3.8) is 0 Å². The number of fused-ring (bicyclic) bond motifs is 1. The molecule has 23 heavy (non-hydrogen) atoms. The average molecular weight is 331 g/mol. The average Bonchev–Trinajstić information content (AvgIpc) is 3.19. The molecule has 1 atom stereocenters. The lowest BCUT2D eigenvalue weighted by Crippen LogP contribution is -2.42. The lowest BCUT2D eigenvalue weighted by Gasteiger charge is -2.09. The third-order valence-electron chi connectivity index (χ3n) is 3.50. The first-order valence-electron chi connectivity index (χ1n) is 7.43. The molecule has 0 unspecified atom stereocenters. The van der Waals surface area contributed by atoms with Gasteiger partial charge in [-0.15, -0.1) is 0 Å². The van der Waals surface area contributed by atoms with Crippen LogP contribution in [0.15, 0.2) is 46.1 Å². The van der Waals surface area contributed by atoms with Crippen molar-refractivity contribution in [3.05, 3.63) is 36.4 Å². The van der Waals surface area contributed by atoms with Crippen LogP contribution in [0.25, 0.3) is 11.1 Å². The van der Waals surface area contributed by atoms with Crippen LogP contribution in [-0.4, -0.2) is 22.6 Å². The predicted molar refractivity (Wildman–Crippen MR) is 87.5 cm³/mol. The third-order valence-corrected chi connectivity index (χ3v) is 4.33. The minimum Gasteiger partial charge on any atom is -0.431 e. The van der Waals surface area contributed by atoms with Gasteiger partial charge in [-0.05, 0) is 30.9 Å². The molecule has 1 aliphatic carbocycles. The van der Waals surface area contributed by atoms with E-state index in [9.17, 15) is 9.59 Å². The zero-order valence-electron chi connectivity index (χ0n) is 12.5. The standard InChI is InChI=1S/C16H17N3O3S/c20-14(9-11-5-1-2-6-11)18-19-15(21)10-23-16-17-12-7-3-4-8-13(12)22-16/h1,3-5,7-8,11H,2,6,9-10H2,(H,18,20)(H,19,21)/t11-/m0/s1. The molecule has 3 rings (SSSR count). The fourth-order valence-corrected chi connectivity index (χ4v) is 3.01. The molecule has 0 radical (unpaired) electrons. The zero-order chi connectivity index (χ0) is 16.1. The predicted octanol–water partition coefficient (Wildman–Crippen LogP) is 2.42. The van der Waals surface area contributed by atoms with Crippen molar-refractivity contribution in [2.24, 2.45) is 5.92 Å². The van der Waals surface area contributed by atoms with Gasteiger partial charge in [0, 0.05) is 6.42 Å². The molecule has 0 spiro atoms. The van der Waals surface area contributed by atoms with E-state index in [0.717, 1.165) is 18.4 Å². The van der Waals surface area contributed by atoms with E-state index in [4.69, 9.17) is 4.42 Å². The summed E-state index contributed by atoms with van der Waals surface area (Å²) in [6.45, 7) is 0. The van der Waals surface area contributed by atoms with Crippen LogP contribution in [0.3, 0.4) is 0 Å². The van der Waals surface area contributed by atoms with Gasteiger partial charge in [0.05, 0.1) is 5.75 Å². The lowest BCUT2D eigenvalue weighted by atomic mass is 10.1. The Kier molecular flexibility index (Phi) is 4.97. The summed E-state index contributed by atoms with van der Waals surface area (Å²) in [5.74, 6) is -0.0773. The maximum atomic E-state index is 11.7. The Bertz CT molecular complexity index is 708. The van der Waals surface area contributed by atoms with Crippen molar-refractivity contribution in [2.75, 3.05) is 5.75 Å². The maximum absolute atomic E-state index is 11.7. The number of para-hydroxylation sites is 2. The number of hydrogen-bond donors (Lipinski definition) is 2. The van der Waals surface area contributed by atoms with Crippen LogP contribution in [0.2, 0.25) is 0 Å². The van der Waals surface area contributed by atoms with Gasteiger partial charge in [-0.25, -0.2) is 4.98 Å². The maximum Gasteiger partial charge on any atom is 0.257 e. The number of carbonyl (C=O) groups excluding carboxylic acids is 2. The van der Waals surface area contributed by atoms with E-state index in [-0.39, 0.29) is 23.5 Å². The molecule has 0 fully saturated rings. The molecule has 2 amide bonds. The van der Waals surface area contributed by atoms with Gasteiger partial charge in [0.1, 0.15) is 5.52 Å². The van der Waals surface area contributed by atoms with Crippen molar-refractivity contribution in [1.82, 2.24) is 15.8 Å². The SMILES string of the molecule is O=C(CSc1nc2ccccc2o1)NNC(=O)C[C@H]1C=CCC1. The Balaban J connectivity index is 1.40. The van der Waals surface area contributed by atoms with E-state index in [1.54, 1.807) is 0 Å². The summed E-state index contributed by atoms with van der Waals surface area (Å²) in [7, 11) is 0. The highest BCUT2D eigenvalue weighted by Gasteiger charge is 2.14. The number of allylic oxidation sites excluding steroid dienone is 2. The number of hydrazine groups is 1. The normalized spacial score (nSPS) is 16.6. The van der Waals surface area contributed by atoms with Crippen LogP contribution >= 0.6 is 11.8 Å². The number of oxazole rings is 1. The lowest BCUT2D eigenvalue weighted by molar-refractivity contribution is -0.128. The summed E-state index contributed by atoms with van der Waals surface area (Å²) < 4.78 is 5.51. The Morgan fingerprint density at radius 1 is 1.26 bits per heavy atom. The summed E-state index contributed by atoms with van der Waals surface area (Å²) in [5.41, 5.74) is 6.29. The first-order valence-corrected chi connectivity index (χ1v) is 8.42. The molecular formula is C16H17N3O3S. The topological polar surface area (TPSA) is 84.2 Å². The molecule has 2 N–H and O–H groups in total. The van der Waals surface area contributed by atoms with E-state index in [0.29, 0.717) is 17.2 Å². The van der Waals surface area contributed by atoms with Gasteiger partial charge in [-0.1, -0.05) is 36.0 Å². The molecule has 1 heterocycles. The van der Waals surface area contributed by atoms with Crippen LogP contribution < -0.4 is 10.9 Å². The number of aromatic nitrogens is 1. The molecule has 120 valence electrons. The quantitative estimate of drug-likeness (QED) is 0.499. The molecule has 0 saturated heterocycles. The molecule has 1 aromatic carbocycles. The van der Waals surface area contributed by atoms with Gasteiger partial charge in [0.25, 0.3) is 5.22 Å². The van der Waals surface area contributed by atoms with Gasteiger partial charge in [-0.2, -0.15) is 0 Å². The highest BCUT2D eigenvalue weighted by atomic mass is 32.2. The van der Waals surface area contributed by atoms with Gasteiger partial charge < -0.3 is 4.42 Å². The van der Waals surface area contributed by atoms with Crippen molar-refractivity contribution < 1.29 is 14.0 Å². The molecule has 0 bridgehead atoms. The molecule has 0 saturated carbocycles. The summed E-state index contributed by atoms with van der Waals surface area (Å²) in [6.07, 6.45) is 6.54. The van der Waals surface area contributed by atoms with E-state index in [1.807, 2.05) is 30.3 Å². The van der Waals surface area contributed by atoms with Gasteiger partial charge >= 0.3 is 0 Å². The van der Waals surface area contributed by atoms with E-state index in [2.05, 4.69) is 21.9 Å². The van der Waals surface area contributed by atoms with Crippen molar-refractivity contribution in [1.29, 1.82) is 0 Å². The minimum atomic E-state index is -0.299. The highest BCUT2D eigenvalue weighted by molar-refractivity contribution is 7.99. The van der Waals surface area contributed by atoms with Crippen LogP contribution in [0, 0.1) is 5.92 Å². The second kappa shape index (κ2) is 7.32. The minimum absolute atomic E-state index is 0.121. The van der Waals surface area contributed by atoms with E-state index >= 15 is 0 Å². The first-order chi connectivity index (χ1) is 11.2. The highest BCUT2D eigenvalue weighted by Crippen LogP contribution is 2.23. The number of hydrogen-bond acceptors (Lipinski definition) is 5. The summed E-state index contributed by atoms with van der Waals surface area (Å²) >= 11 is 1.19. The molecule has 2 aromatic rings. The molecule has 7 heteroatoms. The fourth-order valence-electron chi connectivity index (χ4n) is 2.37. The van der Waals surface area contributed by atoms with Gasteiger partial charge in [-0.3, -0.25) is 20.4 Å². The number of benzene rings is 1.